The second-order valence-corrected chi connectivity index (χ2v) is 3.07. The van der Waals surface area contributed by atoms with Gasteiger partial charge in [0.1, 0.15) is 18.0 Å². The predicted molar refractivity (Wildman–Crippen MR) is 61.8 cm³/mol. The van der Waals surface area contributed by atoms with E-state index in [1.165, 1.54) is 6.33 Å². The van der Waals surface area contributed by atoms with Crippen LogP contribution in [0.25, 0.3) is 0 Å². The first-order valence-corrected chi connectivity index (χ1v) is 4.97. The van der Waals surface area contributed by atoms with Gasteiger partial charge < -0.3 is 16.1 Å². The van der Waals surface area contributed by atoms with Crippen LogP contribution in [0.1, 0.15) is 12.5 Å². The Morgan fingerprint density at radius 3 is 2.69 bits per heavy atom. The van der Waals surface area contributed by atoms with E-state index in [0.717, 1.165) is 12.0 Å². The van der Waals surface area contributed by atoms with Gasteiger partial charge in [-0.3, -0.25) is 4.79 Å². The Hall–Kier alpha value is -1.89. The van der Waals surface area contributed by atoms with Crippen LogP contribution in [-0.4, -0.2) is 29.5 Å². The van der Waals surface area contributed by atoms with E-state index in [4.69, 9.17) is 5.84 Å². The SMILES string of the molecule is CCc1c(NN)ncnc1NCC(=O)NC. The van der Waals surface area contributed by atoms with E-state index in [0.29, 0.717) is 11.6 Å². The van der Waals surface area contributed by atoms with Crippen molar-refractivity contribution in [3.8, 4) is 0 Å². The van der Waals surface area contributed by atoms with Gasteiger partial charge in [-0.15, -0.1) is 0 Å². The summed E-state index contributed by atoms with van der Waals surface area (Å²) < 4.78 is 0. The molecule has 0 aliphatic carbocycles. The van der Waals surface area contributed by atoms with Crippen molar-refractivity contribution in [2.75, 3.05) is 24.3 Å². The molecule has 1 aromatic rings. The summed E-state index contributed by atoms with van der Waals surface area (Å²) in [7, 11) is 1.58. The van der Waals surface area contributed by atoms with Crippen LogP contribution in [0.5, 0.6) is 0 Å². The lowest BCUT2D eigenvalue weighted by Gasteiger charge is -2.11. The average molecular weight is 224 g/mol. The Balaban J connectivity index is 2.82. The molecule has 0 atom stereocenters. The highest BCUT2D eigenvalue weighted by molar-refractivity contribution is 5.80. The van der Waals surface area contributed by atoms with Crippen molar-refractivity contribution >= 4 is 17.5 Å². The zero-order valence-corrected chi connectivity index (χ0v) is 9.37. The molecule has 0 fully saturated rings. The largest absolute Gasteiger partial charge is 0.361 e. The first kappa shape index (κ1) is 12.2. The van der Waals surface area contributed by atoms with Crippen LogP contribution in [0, 0.1) is 0 Å². The second-order valence-electron chi connectivity index (χ2n) is 3.07. The summed E-state index contributed by atoms with van der Waals surface area (Å²) in [5.74, 6) is 6.41. The number of hydrogen-bond acceptors (Lipinski definition) is 6. The zero-order chi connectivity index (χ0) is 12.0. The highest BCUT2D eigenvalue weighted by atomic mass is 16.1. The maximum absolute atomic E-state index is 11.1. The number of likely N-dealkylation sites (N-methyl/N-ethyl adjacent to an activating group) is 1. The normalized spacial score (nSPS) is 9.69. The Labute approximate surface area is 93.8 Å². The number of nitrogen functional groups attached to an aromatic ring is 1. The van der Waals surface area contributed by atoms with E-state index < -0.39 is 0 Å². The van der Waals surface area contributed by atoms with Crippen LogP contribution in [0.4, 0.5) is 11.6 Å². The van der Waals surface area contributed by atoms with Crippen molar-refractivity contribution < 1.29 is 4.79 Å². The summed E-state index contributed by atoms with van der Waals surface area (Å²) in [6.45, 7) is 2.13. The number of carbonyl (C=O) groups excluding carboxylic acids is 1. The molecular formula is C9H16N6O. The van der Waals surface area contributed by atoms with Crippen molar-refractivity contribution in [1.82, 2.24) is 15.3 Å². The molecule has 0 aliphatic rings. The summed E-state index contributed by atoms with van der Waals surface area (Å²) in [5, 5.41) is 5.45. The van der Waals surface area contributed by atoms with Gasteiger partial charge in [0.25, 0.3) is 0 Å². The maximum atomic E-state index is 11.1. The average Bonchev–Trinajstić information content (AvgIpc) is 2.34. The summed E-state index contributed by atoms with van der Waals surface area (Å²) in [6.07, 6.45) is 2.11. The van der Waals surface area contributed by atoms with Gasteiger partial charge in [0.05, 0.1) is 6.54 Å². The highest BCUT2D eigenvalue weighted by Crippen LogP contribution is 2.18. The number of nitrogens with one attached hydrogen (secondary N) is 3. The monoisotopic (exact) mass is 224 g/mol. The minimum Gasteiger partial charge on any atom is -0.361 e. The predicted octanol–water partition coefficient (Wildman–Crippen LogP) is -0.517. The van der Waals surface area contributed by atoms with E-state index in [2.05, 4.69) is 26.0 Å². The molecule has 0 aromatic carbocycles. The number of amides is 1. The number of hydrogen-bond donors (Lipinski definition) is 4. The lowest BCUT2D eigenvalue weighted by molar-refractivity contribution is -0.118. The number of hydrazine groups is 1. The van der Waals surface area contributed by atoms with Gasteiger partial charge in [0.2, 0.25) is 5.91 Å². The van der Waals surface area contributed by atoms with Crippen molar-refractivity contribution in [2.45, 2.75) is 13.3 Å². The van der Waals surface area contributed by atoms with E-state index in [9.17, 15) is 4.79 Å². The third-order valence-electron chi connectivity index (χ3n) is 2.13. The second kappa shape index (κ2) is 5.86. The third-order valence-corrected chi connectivity index (χ3v) is 2.13. The number of nitrogens with zero attached hydrogens (tertiary/aromatic N) is 2. The lowest BCUT2D eigenvalue weighted by Crippen LogP contribution is -2.27. The molecule has 88 valence electrons. The summed E-state index contributed by atoms with van der Waals surface area (Å²) in [5.41, 5.74) is 3.35. The fraction of sp³-hybridized carbons (Fsp3) is 0.444. The van der Waals surface area contributed by atoms with Crippen molar-refractivity contribution in [1.29, 1.82) is 0 Å². The molecule has 1 aromatic heterocycles. The van der Waals surface area contributed by atoms with Crippen LogP contribution in [0.3, 0.4) is 0 Å². The fourth-order valence-electron chi connectivity index (χ4n) is 1.28. The Morgan fingerprint density at radius 2 is 2.12 bits per heavy atom. The first-order chi connectivity index (χ1) is 7.72. The Kier molecular flexibility index (Phi) is 4.46. The standard InChI is InChI=1S/C9H16N6O/c1-3-6-8(12-4-7(16)11-2)13-5-14-9(6)15-10/h5H,3-4,10H2,1-2H3,(H,11,16)(H2,12,13,14,15). The molecule has 0 radical (unpaired) electrons. The van der Waals surface area contributed by atoms with Crippen LogP contribution in [0.2, 0.25) is 0 Å². The van der Waals surface area contributed by atoms with Crippen LogP contribution >= 0.6 is 0 Å². The van der Waals surface area contributed by atoms with E-state index in [1.807, 2.05) is 6.92 Å². The van der Waals surface area contributed by atoms with E-state index in [-0.39, 0.29) is 12.5 Å². The minimum absolute atomic E-state index is 0.108. The summed E-state index contributed by atoms with van der Waals surface area (Å²) in [6, 6.07) is 0. The van der Waals surface area contributed by atoms with Gasteiger partial charge in [-0.2, -0.15) is 0 Å². The van der Waals surface area contributed by atoms with Crippen molar-refractivity contribution in [2.24, 2.45) is 5.84 Å². The molecule has 7 heteroatoms. The number of nitrogens with two attached hydrogens (primary N) is 1. The maximum Gasteiger partial charge on any atom is 0.239 e. The topological polar surface area (TPSA) is 105 Å². The van der Waals surface area contributed by atoms with Gasteiger partial charge in [0, 0.05) is 12.6 Å². The quantitative estimate of drug-likeness (QED) is 0.396. The van der Waals surface area contributed by atoms with Crippen molar-refractivity contribution in [3.63, 3.8) is 0 Å². The Bertz CT molecular complexity index is 367. The van der Waals surface area contributed by atoms with Gasteiger partial charge in [-0.25, -0.2) is 15.8 Å². The molecule has 0 spiro atoms. The number of aromatic nitrogens is 2. The number of rotatable bonds is 5. The molecule has 1 amide bonds. The molecule has 0 saturated heterocycles. The van der Waals surface area contributed by atoms with Crippen LogP contribution < -0.4 is 21.9 Å². The molecule has 7 nitrogen and oxygen atoms in total. The first-order valence-electron chi connectivity index (χ1n) is 4.97. The Morgan fingerprint density at radius 1 is 1.44 bits per heavy atom. The summed E-state index contributed by atoms with van der Waals surface area (Å²) in [4.78, 5) is 19.1. The number of carbonyl (C=O) groups is 1. The van der Waals surface area contributed by atoms with Gasteiger partial charge in [-0.05, 0) is 6.42 Å². The molecule has 1 rings (SSSR count). The van der Waals surface area contributed by atoms with Crippen molar-refractivity contribution in [3.05, 3.63) is 11.9 Å². The van der Waals surface area contributed by atoms with Crippen LogP contribution in [0.15, 0.2) is 6.33 Å². The summed E-state index contributed by atoms with van der Waals surface area (Å²) >= 11 is 0. The molecule has 5 N–H and O–H groups in total. The van der Waals surface area contributed by atoms with E-state index >= 15 is 0 Å². The van der Waals surface area contributed by atoms with Gasteiger partial charge >= 0.3 is 0 Å². The zero-order valence-electron chi connectivity index (χ0n) is 9.37. The molecule has 1 heterocycles. The number of anilines is 2. The molecular weight excluding hydrogens is 208 g/mol. The van der Waals surface area contributed by atoms with Gasteiger partial charge in [-0.1, -0.05) is 6.92 Å². The minimum atomic E-state index is -0.108. The highest BCUT2D eigenvalue weighted by Gasteiger charge is 2.09. The van der Waals surface area contributed by atoms with Crippen LogP contribution in [-0.2, 0) is 11.2 Å². The smallest absolute Gasteiger partial charge is 0.239 e. The lowest BCUT2D eigenvalue weighted by atomic mass is 10.2. The molecule has 0 saturated carbocycles. The van der Waals surface area contributed by atoms with E-state index in [1.54, 1.807) is 7.05 Å². The van der Waals surface area contributed by atoms with Gasteiger partial charge in [0.15, 0.2) is 0 Å². The molecule has 0 unspecified atom stereocenters. The molecule has 16 heavy (non-hydrogen) atoms. The fourth-order valence-corrected chi connectivity index (χ4v) is 1.28. The third kappa shape index (κ3) is 2.80. The molecule has 0 aliphatic heterocycles. The molecule has 0 bridgehead atoms.